The van der Waals surface area contributed by atoms with Crippen molar-refractivity contribution in [3.8, 4) is 23.0 Å². The number of allylic oxidation sites excluding steroid dienone is 1. The summed E-state index contributed by atoms with van der Waals surface area (Å²) in [7, 11) is 0. The molecule has 2 spiro atoms. The van der Waals surface area contributed by atoms with Crippen LogP contribution in [0.5, 0.6) is 23.0 Å². The lowest BCUT2D eigenvalue weighted by molar-refractivity contribution is -0.168. The third-order valence-electron chi connectivity index (χ3n) is 16.1. The standard InChI is InChI=1S/C49H62N4O12/c54-28-33-24-31-7-9-34(55)41-39(31)47(14-18-52(33)26-29-3-4-29)12-1-2-36(43(47)64-41)62-45(57)50-16-20-60-22-23-61-21-17-51-46(58)63-37-11-13-49(59)38-25-32-8-10-35(56)42-40(32)48(49,44(37)65-42)15-19-53(38)27-30-5-6-30/h2,7-11,29-30,33,38,43-44,54-56,59H,1,3-6,12-28H2,(H,50,57)(H,51,58)/t33-,38-,43+,44+,47-,48+,49-/m1/s1. The maximum atomic E-state index is 13.1. The van der Waals surface area contributed by atoms with Crippen LogP contribution in [-0.2, 0) is 42.6 Å². The molecule has 65 heavy (non-hydrogen) atoms. The molecule has 2 bridgehead atoms. The number of alkyl carbamates (subject to hydrolysis) is 2. The number of aliphatic hydroxyl groups excluding tert-OH is 1. The number of nitrogens with zero attached hydrogens (tertiary/aromatic N) is 2. The van der Waals surface area contributed by atoms with Crippen molar-refractivity contribution in [2.24, 2.45) is 11.8 Å². The summed E-state index contributed by atoms with van der Waals surface area (Å²) in [6.45, 7) is 4.99. The maximum absolute atomic E-state index is 13.1. The first-order valence-electron chi connectivity index (χ1n) is 23.9. The lowest BCUT2D eigenvalue weighted by Crippen LogP contribution is -2.75. The molecule has 16 heteroatoms. The minimum Gasteiger partial charge on any atom is -0.504 e. The van der Waals surface area contributed by atoms with Gasteiger partial charge in [-0.15, -0.1) is 0 Å². The Kier molecular flexibility index (Phi) is 11.2. The number of aromatic hydroxyl groups is 2. The van der Waals surface area contributed by atoms with E-state index >= 15 is 0 Å². The van der Waals surface area contributed by atoms with Crippen molar-refractivity contribution in [3.63, 3.8) is 0 Å². The van der Waals surface area contributed by atoms with Gasteiger partial charge in [-0.1, -0.05) is 12.1 Å². The molecule has 2 saturated carbocycles. The molecule has 3 fully saturated rings. The quantitative estimate of drug-likeness (QED) is 0.132. The first-order valence-corrected chi connectivity index (χ1v) is 23.9. The molecule has 9 aliphatic rings. The van der Waals surface area contributed by atoms with Crippen molar-refractivity contribution in [2.75, 3.05) is 72.3 Å². The van der Waals surface area contributed by atoms with E-state index in [2.05, 4.69) is 20.4 Å². The summed E-state index contributed by atoms with van der Waals surface area (Å²) in [5, 5.41) is 50.3. The molecule has 7 atom stereocenters. The first-order chi connectivity index (χ1) is 31.6. The minimum absolute atomic E-state index is 0.00189. The highest BCUT2D eigenvalue weighted by Crippen LogP contribution is 2.66. The van der Waals surface area contributed by atoms with Crippen LogP contribution in [0.1, 0.15) is 80.0 Å². The molecule has 2 amide bonds. The molecule has 2 aromatic carbocycles. The fraction of sp³-hybridized carbons (Fsp3) is 0.633. The SMILES string of the molecule is O=C(NCCOCCOCCNC(=O)OC1=CC[C@@]2(O)[C@H]3Cc4ccc(O)c5c4[C@@]2(CCN3CC2CC2)[C@H]1O5)OC1=CCC[C@@]23CCN(CC4CC4)[C@@H](CO)Cc4ccc(O)c(c42)O[C@@H]13. The van der Waals surface area contributed by atoms with Gasteiger partial charge in [0, 0.05) is 61.2 Å². The van der Waals surface area contributed by atoms with E-state index in [-0.39, 0.29) is 69.7 Å². The lowest BCUT2D eigenvalue weighted by Gasteiger charge is -2.62. The van der Waals surface area contributed by atoms with Gasteiger partial charge in [-0.2, -0.15) is 0 Å². The highest BCUT2D eigenvalue weighted by molar-refractivity contribution is 5.71. The fourth-order valence-corrected chi connectivity index (χ4v) is 12.6. The van der Waals surface area contributed by atoms with Crippen LogP contribution in [0.4, 0.5) is 9.59 Å². The van der Waals surface area contributed by atoms with E-state index in [1.54, 1.807) is 18.2 Å². The molecule has 0 unspecified atom stereocenters. The topological polar surface area (TPSA) is 201 Å². The zero-order chi connectivity index (χ0) is 44.5. The molecule has 5 aliphatic carbocycles. The predicted molar refractivity (Wildman–Crippen MR) is 234 cm³/mol. The summed E-state index contributed by atoms with van der Waals surface area (Å²) in [6, 6.07) is 7.14. The van der Waals surface area contributed by atoms with Gasteiger partial charge < -0.3 is 59.5 Å². The molecule has 0 aromatic heterocycles. The zero-order valence-corrected chi connectivity index (χ0v) is 36.9. The van der Waals surface area contributed by atoms with Crippen LogP contribution in [-0.4, -0.2) is 145 Å². The Hall–Kier alpha value is -4.58. The van der Waals surface area contributed by atoms with Crippen LogP contribution >= 0.6 is 0 Å². The van der Waals surface area contributed by atoms with E-state index in [0.29, 0.717) is 67.0 Å². The highest BCUT2D eigenvalue weighted by Gasteiger charge is 2.72. The molecule has 4 heterocycles. The number of carbonyl (C=O) groups excluding carboxylic acids is 2. The summed E-state index contributed by atoms with van der Waals surface area (Å²) >= 11 is 0. The molecule has 16 nitrogen and oxygen atoms in total. The van der Waals surface area contributed by atoms with E-state index in [1.165, 1.54) is 25.7 Å². The molecule has 350 valence electrons. The fourth-order valence-electron chi connectivity index (χ4n) is 12.6. The average Bonchev–Trinajstić information content (AvgIpc) is 4.22. The average molecular weight is 899 g/mol. The van der Waals surface area contributed by atoms with E-state index in [9.17, 15) is 30.0 Å². The van der Waals surface area contributed by atoms with Gasteiger partial charge in [0.25, 0.3) is 0 Å². The molecular weight excluding hydrogens is 837 g/mol. The summed E-state index contributed by atoms with van der Waals surface area (Å²) in [4.78, 5) is 31.0. The summed E-state index contributed by atoms with van der Waals surface area (Å²) in [5.41, 5.74) is 1.57. The van der Waals surface area contributed by atoms with Crippen molar-refractivity contribution in [1.82, 2.24) is 20.4 Å². The number of benzene rings is 2. The third-order valence-corrected chi connectivity index (χ3v) is 16.1. The Morgan fingerprint density at radius 2 is 1.32 bits per heavy atom. The Balaban J connectivity index is 0.615. The second kappa shape index (κ2) is 16.9. The first kappa shape index (κ1) is 43.0. The van der Waals surface area contributed by atoms with Gasteiger partial charge in [0.05, 0.1) is 44.1 Å². The normalized spacial score (nSPS) is 31.7. The predicted octanol–water partition coefficient (Wildman–Crippen LogP) is 4.04. The van der Waals surface area contributed by atoms with Gasteiger partial charge in [0.15, 0.2) is 35.2 Å². The number of carbonyl (C=O) groups is 2. The number of rotatable bonds is 16. The lowest BCUT2D eigenvalue weighted by atomic mass is 9.50. The number of nitrogens with one attached hydrogen (secondary N) is 2. The number of hydrogen-bond acceptors (Lipinski definition) is 14. The third kappa shape index (κ3) is 7.43. The van der Waals surface area contributed by atoms with Gasteiger partial charge >= 0.3 is 12.2 Å². The molecular formula is C49H62N4O12. The largest absolute Gasteiger partial charge is 0.504 e. The summed E-state index contributed by atoms with van der Waals surface area (Å²) < 4.78 is 36.1. The number of phenolic OH excluding ortho intramolecular Hbond substituents is 2. The van der Waals surface area contributed by atoms with Gasteiger partial charge in [0.2, 0.25) is 0 Å². The Labute approximate surface area is 378 Å². The van der Waals surface area contributed by atoms with Crippen molar-refractivity contribution in [1.29, 1.82) is 0 Å². The smallest absolute Gasteiger partial charge is 0.412 e. The number of aliphatic hydroxyl groups is 2. The summed E-state index contributed by atoms with van der Waals surface area (Å²) in [5.74, 6) is 3.08. The van der Waals surface area contributed by atoms with Gasteiger partial charge in [0.1, 0.15) is 11.5 Å². The Bertz CT molecular complexity index is 2260. The van der Waals surface area contributed by atoms with Gasteiger partial charge in [-0.3, -0.25) is 9.80 Å². The number of piperidine rings is 1. The van der Waals surface area contributed by atoms with Gasteiger partial charge in [-0.25, -0.2) is 9.59 Å². The number of amides is 2. The molecule has 4 aliphatic heterocycles. The van der Waals surface area contributed by atoms with Crippen LogP contribution in [0.2, 0.25) is 0 Å². The van der Waals surface area contributed by atoms with E-state index in [1.807, 2.05) is 18.2 Å². The summed E-state index contributed by atoms with van der Waals surface area (Å²) in [6.07, 6.45) is 10.6. The maximum Gasteiger partial charge on any atom is 0.412 e. The minimum atomic E-state index is -1.12. The van der Waals surface area contributed by atoms with Crippen LogP contribution in [0.3, 0.4) is 0 Å². The number of hydrogen-bond donors (Lipinski definition) is 6. The Morgan fingerprint density at radius 1 is 0.723 bits per heavy atom. The van der Waals surface area contributed by atoms with Crippen LogP contribution in [0.15, 0.2) is 47.9 Å². The number of ether oxygens (including phenoxy) is 6. The van der Waals surface area contributed by atoms with Crippen LogP contribution in [0.25, 0.3) is 0 Å². The molecule has 11 rings (SSSR count). The molecule has 0 radical (unpaired) electrons. The van der Waals surface area contributed by atoms with Crippen molar-refractivity contribution >= 4 is 12.2 Å². The highest BCUT2D eigenvalue weighted by atomic mass is 16.6. The van der Waals surface area contributed by atoms with E-state index in [0.717, 1.165) is 61.3 Å². The van der Waals surface area contributed by atoms with Crippen molar-refractivity contribution in [2.45, 2.75) is 111 Å². The molecule has 2 aromatic rings. The molecule has 1 saturated heterocycles. The Morgan fingerprint density at radius 3 is 1.98 bits per heavy atom. The van der Waals surface area contributed by atoms with E-state index < -0.39 is 40.8 Å². The number of likely N-dealkylation sites (tertiary alicyclic amines) is 1. The molecule has 6 N–H and O–H groups in total. The monoisotopic (exact) mass is 898 g/mol. The van der Waals surface area contributed by atoms with Gasteiger partial charge in [-0.05, 0) is 125 Å². The zero-order valence-electron chi connectivity index (χ0n) is 36.9. The van der Waals surface area contributed by atoms with Crippen LogP contribution < -0.4 is 20.1 Å². The number of phenols is 2. The van der Waals surface area contributed by atoms with Crippen molar-refractivity contribution < 1.29 is 58.4 Å². The second-order valence-electron chi connectivity index (χ2n) is 19.9. The van der Waals surface area contributed by atoms with Crippen molar-refractivity contribution in [3.05, 3.63) is 70.2 Å². The van der Waals surface area contributed by atoms with E-state index in [4.69, 9.17) is 28.4 Å². The second-order valence-corrected chi connectivity index (χ2v) is 19.9. The van der Waals surface area contributed by atoms with Crippen LogP contribution in [0, 0.1) is 11.8 Å².